The summed E-state index contributed by atoms with van der Waals surface area (Å²) in [6.07, 6.45) is 1.08. The smallest absolute Gasteiger partial charge is 0.218 e. The third kappa shape index (κ3) is 1.08. The van der Waals surface area contributed by atoms with Gasteiger partial charge in [-0.3, -0.25) is 4.79 Å². The van der Waals surface area contributed by atoms with Crippen LogP contribution in [0.1, 0.15) is 0 Å². The van der Waals surface area contributed by atoms with E-state index >= 15 is 0 Å². The van der Waals surface area contributed by atoms with Crippen molar-refractivity contribution in [1.82, 2.24) is 5.32 Å². The molecule has 0 bridgehead atoms. The molecule has 1 aliphatic heterocycles. The third-order valence-electron chi connectivity index (χ3n) is 1.46. The Morgan fingerprint density at radius 1 is 1.88 bits per heavy atom. The lowest BCUT2D eigenvalue weighted by Crippen LogP contribution is -2.22. The first-order valence-corrected chi connectivity index (χ1v) is 4.62. The van der Waals surface area contributed by atoms with Gasteiger partial charge in [-0.05, 0) is 6.17 Å². The molecular formula is C4H10N2OSi. The molecule has 4 heteroatoms. The summed E-state index contributed by atoms with van der Waals surface area (Å²) in [5.74, 6) is -0.110. The Bertz CT molecular complexity index is 100. The molecule has 0 aromatic heterocycles. The SMILES string of the molecule is NC(=O)C1CNC[SiH2]1. The van der Waals surface area contributed by atoms with Crippen LogP contribution in [0, 0.1) is 0 Å². The standard InChI is InChI=1S/C4H10N2OSi/c5-4(7)3-1-6-2-8-3/h3,6H,1-2,8H2,(H2,5,7). The Balaban J connectivity index is 2.35. The highest BCUT2D eigenvalue weighted by molar-refractivity contribution is 6.45. The molecule has 1 rings (SSSR count). The molecule has 0 aliphatic carbocycles. The second kappa shape index (κ2) is 2.28. The number of carbonyl (C=O) groups excluding carboxylic acids is 1. The molecule has 1 saturated heterocycles. The Hall–Kier alpha value is -0.353. The summed E-state index contributed by atoms with van der Waals surface area (Å²) in [6.45, 7) is 0.835. The lowest BCUT2D eigenvalue weighted by molar-refractivity contribution is -0.117. The van der Waals surface area contributed by atoms with Crippen molar-refractivity contribution < 1.29 is 4.79 Å². The van der Waals surface area contributed by atoms with Crippen molar-refractivity contribution in [2.24, 2.45) is 5.73 Å². The molecule has 1 unspecified atom stereocenters. The highest BCUT2D eigenvalue weighted by Gasteiger charge is 2.19. The minimum Gasteiger partial charge on any atom is -0.370 e. The van der Waals surface area contributed by atoms with Crippen LogP contribution in [0.2, 0.25) is 5.54 Å². The van der Waals surface area contributed by atoms with Crippen LogP contribution in [0.4, 0.5) is 0 Å². The molecule has 1 aliphatic rings. The van der Waals surface area contributed by atoms with E-state index in [1.807, 2.05) is 0 Å². The largest absolute Gasteiger partial charge is 0.370 e. The van der Waals surface area contributed by atoms with Crippen LogP contribution in [-0.2, 0) is 4.79 Å². The molecule has 1 heterocycles. The van der Waals surface area contributed by atoms with Crippen LogP contribution in [0.25, 0.3) is 0 Å². The van der Waals surface area contributed by atoms with Crippen molar-refractivity contribution in [2.45, 2.75) is 5.54 Å². The lowest BCUT2D eigenvalue weighted by Gasteiger charge is -1.97. The molecule has 0 spiro atoms. The van der Waals surface area contributed by atoms with Crippen molar-refractivity contribution in [2.75, 3.05) is 12.7 Å². The van der Waals surface area contributed by atoms with Crippen molar-refractivity contribution in [3.05, 3.63) is 0 Å². The Kier molecular flexibility index (Phi) is 1.64. The average Bonchev–Trinajstić information content (AvgIpc) is 2.12. The van der Waals surface area contributed by atoms with E-state index in [2.05, 4.69) is 5.32 Å². The summed E-state index contributed by atoms with van der Waals surface area (Å²) in [6, 6.07) is 0. The Morgan fingerprint density at radius 3 is 2.88 bits per heavy atom. The maximum atomic E-state index is 10.4. The first kappa shape index (κ1) is 5.78. The number of nitrogens with two attached hydrogens (primary N) is 1. The third-order valence-corrected chi connectivity index (χ3v) is 3.49. The normalized spacial score (nSPS) is 31.2. The van der Waals surface area contributed by atoms with E-state index in [4.69, 9.17) is 5.73 Å². The van der Waals surface area contributed by atoms with Gasteiger partial charge in [-0.2, -0.15) is 0 Å². The molecule has 1 fully saturated rings. The number of amides is 1. The van der Waals surface area contributed by atoms with Crippen LogP contribution < -0.4 is 11.1 Å². The van der Waals surface area contributed by atoms with E-state index in [1.165, 1.54) is 0 Å². The molecule has 0 aromatic carbocycles. The minimum atomic E-state index is -0.176. The van der Waals surface area contributed by atoms with Gasteiger partial charge in [-0.25, -0.2) is 0 Å². The highest BCUT2D eigenvalue weighted by Crippen LogP contribution is 2.02. The number of hydrogen-bond donors (Lipinski definition) is 2. The minimum absolute atomic E-state index is 0.110. The number of hydrogen-bond acceptors (Lipinski definition) is 2. The number of primary amides is 1. The lowest BCUT2D eigenvalue weighted by atomic mass is 10.4. The van der Waals surface area contributed by atoms with Crippen molar-refractivity contribution >= 4 is 15.4 Å². The number of rotatable bonds is 1. The van der Waals surface area contributed by atoms with Gasteiger partial charge in [0.25, 0.3) is 0 Å². The predicted molar refractivity (Wildman–Crippen MR) is 34.4 cm³/mol. The van der Waals surface area contributed by atoms with Gasteiger partial charge in [-0.15, -0.1) is 0 Å². The molecule has 0 radical (unpaired) electrons. The fourth-order valence-electron chi connectivity index (χ4n) is 0.897. The van der Waals surface area contributed by atoms with Crippen LogP contribution in [0.3, 0.4) is 0 Å². The summed E-state index contributed by atoms with van der Waals surface area (Å²) in [4.78, 5) is 10.4. The second-order valence-corrected chi connectivity index (χ2v) is 4.16. The quantitative estimate of drug-likeness (QED) is 0.403. The van der Waals surface area contributed by atoms with Crippen molar-refractivity contribution in [1.29, 1.82) is 0 Å². The molecule has 3 N–H and O–H groups in total. The topological polar surface area (TPSA) is 55.1 Å². The molecule has 3 nitrogen and oxygen atoms in total. The zero-order valence-corrected chi connectivity index (χ0v) is 6.10. The summed E-state index contributed by atoms with van der Waals surface area (Å²) in [5, 5.41) is 3.11. The molecular weight excluding hydrogens is 120 g/mol. The highest BCUT2D eigenvalue weighted by atomic mass is 28.2. The van der Waals surface area contributed by atoms with E-state index in [0.29, 0.717) is 0 Å². The maximum absolute atomic E-state index is 10.4. The Morgan fingerprint density at radius 2 is 2.62 bits per heavy atom. The monoisotopic (exact) mass is 130 g/mol. The first-order chi connectivity index (χ1) is 3.80. The fourth-order valence-corrected chi connectivity index (χ4v) is 2.35. The van der Waals surface area contributed by atoms with Crippen molar-refractivity contribution in [3.63, 3.8) is 0 Å². The summed E-state index contributed by atoms with van der Waals surface area (Å²) >= 11 is 0. The average molecular weight is 130 g/mol. The van der Waals surface area contributed by atoms with Gasteiger partial charge in [0, 0.05) is 12.1 Å². The van der Waals surface area contributed by atoms with E-state index in [-0.39, 0.29) is 21.0 Å². The van der Waals surface area contributed by atoms with Crippen molar-refractivity contribution in [3.8, 4) is 0 Å². The van der Waals surface area contributed by atoms with Gasteiger partial charge >= 0.3 is 0 Å². The summed E-state index contributed by atoms with van der Waals surface area (Å²) in [5.41, 5.74) is 5.28. The predicted octanol–water partition coefficient (Wildman–Crippen LogP) is -2.01. The molecule has 1 atom stereocenters. The zero-order chi connectivity index (χ0) is 5.98. The van der Waals surface area contributed by atoms with Gasteiger partial charge in [-0.1, -0.05) is 0 Å². The van der Waals surface area contributed by atoms with Crippen LogP contribution in [0.5, 0.6) is 0 Å². The van der Waals surface area contributed by atoms with Gasteiger partial charge in [0.2, 0.25) is 5.91 Å². The van der Waals surface area contributed by atoms with Crippen LogP contribution in [0.15, 0.2) is 0 Å². The molecule has 0 saturated carbocycles. The Labute approximate surface area is 50.5 Å². The van der Waals surface area contributed by atoms with Gasteiger partial charge in [0.1, 0.15) is 0 Å². The second-order valence-electron chi connectivity index (χ2n) is 2.09. The van der Waals surface area contributed by atoms with E-state index in [9.17, 15) is 4.79 Å². The fraction of sp³-hybridized carbons (Fsp3) is 0.750. The van der Waals surface area contributed by atoms with Gasteiger partial charge in [0.15, 0.2) is 0 Å². The number of carbonyl (C=O) groups is 1. The summed E-state index contributed by atoms with van der Waals surface area (Å²) in [7, 11) is -0.176. The van der Waals surface area contributed by atoms with E-state index < -0.39 is 0 Å². The molecule has 0 aromatic rings. The van der Waals surface area contributed by atoms with E-state index in [0.717, 1.165) is 12.7 Å². The molecule has 8 heavy (non-hydrogen) atoms. The number of nitrogens with one attached hydrogen (secondary N) is 1. The zero-order valence-electron chi connectivity index (χ0n) is 4.68. The van der Waals surface area contributed by atoms with E-state index in [1.54, 1.807) is 0 Å². The first-order valence-electron chi connectivity index (χ1n) is 2.81. The molecule has 1 amide bonds. The van der Waals surface area contributed by atoms with Gasteiger partial charge < -0.3 is 11.1 Å². The van der Waals surface area contributed by atoms with Crippen LogP contribution >= 0.6 is 0 Å². The van der Waals surface area contributed by atoms with Gasteiger partial charge in [0.05, 0.1) is 9.52 Å². The summed E-state index contributed by atoms with van der Waals surface area (Å²) < 4.78 is 0. The maximum Gasteiger partial charge on any atom is 0.218 e. The molecule has 46 valence electrons. The van der Waals surface area contributed by atoms with Crippen LogP contribution in [-0.4, -0.2) is 28.1 Å².